The predicted octanol–water partition coefficient (Wildman–Crippen LogP) is 4.67. The van der Waals surface area contributed by atoms with Crippen LogP contribution in [0.3, 0.4) is 0 Å². The third-order valence-electron chi connectivity index (χ3n) is 4.97. The van der Waals surface area contributed by atoms with E-state index < -0.39 is 6.36 Å². The predicted molar refractivity (Wildman–Crippen MR) is 117 cm³/mol. The van der Waals surface area contributed by atoms with Gasteiger partial charge in [0.2, 0.25) is 11.8 Å². The molecular weight excluding hydrogens is 465 g/mol. The summed E-state index contributed by atoms with van der Waals surface area (Å²) >= 11 is 0. The molecule has 35 heavy (non-hydrogen) atoms. The van der Waals surface area contributed by atoms with Crippen molar-refractivity contribution in [3.63, 3.8) is 0 Å². The molecule has 3 aromatic heterocycles. The number of allylic oxidation sites excluding steroid dienone is 4. The van der Waals surface area contributed by atoms with E-state index in [9.17, 15) is 13.2 Å². The van der Waals surface area contributed by atoms with Gasteiger partial charge in [0.1, 0.15) is 37.0 Å². The highest BCUT2D eigenvalue weighted by molar-refractivity contribution is 5.40. The molecule has 0 saturated heterocycles. The fourth-order valence-corrected chi connectivity index (χ4v) is 3.26. The zero-order valence-corrected chi connectivity index (χ0v) is 18.6. The Bertz CT molecular complexity index is 1150. The monoisotopic (exact) mass is 488 g/mol. The van der Waals surface area contributed by atoms with Crippen LogP contribution in [-0.4, -0.2) is 36.1 Å². The molecule has 0 spiro atoms. The smallest absolute Gasteiger partial charge is 0.470 e. The molecule has 9 nitrogen and oxygen atoms in total. The number of aromatic nitrogens is 6. The van der Waals surface area contributed by atoms with Crippen LogP contribution in [0.5, 0.6) is 5.88 Å². The summed E-state index contributed by atoms with van der Waals surface area (Å²) in [5, 5.41) is 4.07. The van der Waals surface area contributed by atoms with Crippen molar-refractivity contribution >= 4 is 6.08 Å². The van der Waals surface area contributed by atoms with E-state index in [-0.39, 0.29) is 18.3 Å². The molecule has 1 unspecified atom stereocenters. The summed E-state index contributed by atoms with van der Waals surface area (Å²) in [6.07, 6.45) is 14.2. The first-order chi connectivity index (χ1) is 16.9. The van der Waals surface area contributed by atoms with E-state index in [1.807, 2.05) is 0 Å². The Morgan fingerprint density at radius 3 is 2.80 bits per heavy atom. The Kier molecular flexibility index (Phi) is 7.91. The Morgan fingerprint density at radius 1 is 1.17 bits per heavy atom. The average Bonchev–Trinajstić information content (AvgIpc) is 3.52. The number of unbranched alkanes of at least 4 members (excludes halogenated alkanes) is 1. The van der Waals surface area contributed by atoms with E-state index in [0.717, 1.165) is 31.5 Å². The molecule has 1 atom stereocenters. The number of aryl methyl sites for hydroxylation is 2. The van der Waals surface area contributed by atoms with E-state index in [1.165, 1.54) is 24.7 Å². The number of alkyl halides is 3. The van der Waals surface area contributed by atoms with Gasteiger partial charge in [-0.2, -0.15) is 5.10 Å². The third kappa shape index (κ3) is 8.09. The molecule has 3 aromatic rings. The summed E-state index contributed by atoms with van der Waals surface area (Å²) in [6, 6.07) is 0. The summed E-state index contributed by atoms with van der Waals surface area (Å²) < 4.78 is 53.4. The standard InChI is InChI=1S/C23H23F3N6O3/c24-23(25,26)35-20-7-4-17(5-8-20)6-9-21-31-19(13-33-21)14-34-22-12-28-18(11-29-22)3-1-2-10-32-16-27-15-30-32/h4,6-9,11-13,15-17H,1-3,5,10,14H2/b9-6+. The highest BCUT2D eigenvalue weighted by Crippen LogP contribution is 2.26. The normalized spacial score (nSPS) is 16.0. The number of hydrogen-bond donors (Lipinski definition) is 0. The molecule has 0 aromatic carbocycles. The number of nitrogens with zero attached hydrogens (tertiary/aromatic N) is 6. The first kappa shape index (κ1) is 24.2. The number of halogens is 3. The lowest BCUT2D eigenvalue weighted by Gasteiger charge is -2.14. The van der Waals surface area contributed by atoms with Crippen LogP contribution in [0, 0.1) is 5.92 Å². The highest BCUT2D eigenvalue weighted by Gasteiger charge is 2.31. The lowest BCUT2D eigenvalue weighted by molar-refractivity contribution is -0.303. The van der Waals surface area contributed by atoms with Gasteiger partial charge in [0, 0.05) is 6.54 Å². The van der Waals surface area contributed by atoms with Gasteiger partial charge in [0.15, 0.2) is 0 Å². The maximum absolute atomic E-state index is 12.2. The van der Waals surface area contributed by atoms with Crippen LogP contribution >= 0.6 is 0 Å². The summed E-state index contributed by atoms with van der Waals surface area (Å²) in [7, 11) is 0. The minimum absolute atomic E-state index is 0.0847. The average molecular weight is 488 g/mol. The molecule has 0 amide bonds. The minimum Gasteiger partial charge on any atom is -0.470 e. The maximum atomic E-state index is 12.2. The molecule has 0 N–H and O–H groups in total. The van der Waals surface area contributed by atoms with Crippen molar-refractivity contribution in [1.29, 1.82) is 0 Å². The lowest BCUT2D eigenvalue weighted by atomic mass is 9.99. The molecule has 4 rings (SSSR count). The molecule has 1 aliphatic carbocycles. The summed E-state index contributed by atoms with van der Waals surface area (Å²) in [6.45, 7) is 0.975. The van der Waals surface area contributed by atoms with E-state index >= 15 is 0 Å². The molecule has 184 valence electrons. The third-order valence-corrected chi connectivity index (χ3v) is 4.97. The second kappa shape index (κ2) is 11.4. The van der Waals surface area contributed by atoms with Crippen LogP contribution in [-0.2, 0) is 24.3 Å². The molecule has 3 heterocycles. The Balaban J connectivity index is 1.17. The van der Waals surface area contributed by atoms with Gasteiger partial charge < -0.3 is 13.9 Å². The van der Waals surface area contributed by atoms with Crippen molar-refractivity contribution in [3.8, 4) is 5.88 Å². The zero-order chi connectivity index (χ0) is 24.5. The fourth-order valence-electron chi connectivity index (χ4n) is 3.26. The quantitative estimate of drug-likeness (QED) is 0.359. The first-order valence-electron chi connectivity index (χ1n) is 11.0. The van der Waals surface area contributed by atoms with Crippen LogP contribution in [0.25, 0.3) is 6.08 Å². The molecule has 0 saturated carbocycles. The van der Waals surface area contributed by atoms with Crippen molar-refractivity contribution in [2.45, 2.75) is 45.2 Å². The van der Waals surface area contributed by atoms with Crippen molar-refractivity contribution in [2.24, 2.45) is 5.92 Å². The molecule has 0 radical (unpaired) electrons. The number of rotatable bonds is 11. The van der Waals surface area contributed by atoms with Gasteiger partial charge in [-0.15, -0.1) is 13.2 Å². The zero-order valence-electron chi connectivity index (χ0n) is 18.6. The Morgan fingerprint density at radius 2 is 2.09 bits per heavy atom. The van der Waals surface area contributed by atoms with E-state index in [2.05, 4.69) is 29.8 Å². The summed E-state index contributed by atoms with van der Waals surface area (Å²) in [4.78, 5) is 16.9. The summed E-state index contributed by atoms with van der Waals surface area (Å²) in [5.74, 6) is 0.452. The second-order valence-electron chi connectivity index (χ2n) is 7.70. The van der Waals surface area contributed by atoms with Crippen LogP contribution in [0.2, 0.25) is 0 Å². The highest BCUT2D eigenvalue weighted by atomic mass is 19.4. The van der Waals surface area contributed by atoms with Gasteiger partial charge in [0.05, 0.1) is 18.1 Å². The minimum atomic E-state index is -4.69. The topological polar surface area (TPSA) is 101 Å². The van der Waals surface area contributed by atoms with Gasteiger partial charge in [-0.1, -0.05) is 12.2 Å². The van der Waals surface area contributed by atoms with Crippen LogP contribution < -0.4 is 4.74 Å². The molecule has 12 heteroatoms. The number of ether oxygens (including phenoxy) is 2. The van der Waals surface area contributed by atoms with Gasteiger partial charge in [-0.05, 0) is 49.8 Å². The number of hydrogen-bond acceptors (Lipinski definition) is 8. The largest absolute Gasteiger partial charge is 0.573 e. The van der Waals surface area contributed by atoms with Crippen molar-refractivity contribution in [1.82, 2.24) is 29.7 Å². The van der Waals surface area contributed by atoms with Gasteiger partial charge >= 0.3 is 6.36 Å². The molecule has 1 aliphatic rings. The SMILES string of the molecule is FC(F)(F)OC1=CCC(/C=C/c2nc(COc3cnc(CCCCn4cncn4)cn3)co2)C=C1. The van der Waals surface area contributed by atoms with E-state index in [1.54, 1.807) is 41.6 Å². The van der Waals surface area contributed by atoms with Gasteiger partial charge in [0.25, 0.3) is 0 Å². The molecule has 0 fully saturated rings. The van der Waals surface area contributed by atoms with Crippen LogP contribution in [0.4, 0.5) is 13.2 Å². The van der Waals surface area contributed by atoms with Crippen molar-refractivity contribution < 1.29 is 27.1 Å². The van der Waals surface area contributed by atoms with Crippen LogP contribution in [0.1, 0.15) is 36.5 Å². The van der Waals surface area contributed by atoms with E-state index in [0.29, 0.717) is 23.9 Å². The number of oxazole rings is 1. The summed E-state index contributed by atoms with van der Waals surface area (Å²) in [5.41, 5.74) is 1.46. The fraction of sp³-hybridized carbons (Fsp3) is 0.348. The molecule has 0 bridgehead atoms. The molecular formula is C23H23F3N6O3. The van der Waals surface area contributed by atoms with Gasteiger partial charge in [-0.3, -0.25) is 9.67 Å². The van der Waals surface area contributed by atoms with Crippen LogP contribution in [0.15, 0.2) is 65.8 Å². The molecule has 0 aliphatic heterocycles. The second-order valence-corrected chi connectivity index (χ2v) is 7.70. The van der Waals surface area contributed by atoms with Gasteiger partial charge in [-0.25, -0.2) is 15.0 Å². The first-order valence-corrected chi connectivity index (χ1v) is 11.0. The Hall–Kier alpha value is -3.96. The van der Waals surface area contributed by atoms with Crippen molar-refractivity contribution in [3.05, 3.63) is 78.7 Å². The van der Waals surface area contributed by atoms with Crippen molar-refractivity contribution in [2.75, 3.05) is 0 Å². The maximum Gasteiger partial charge on any atom is 0.573 e. The van der Waals surface area contributed by atoms with E-state index in [4.69, 9.17) is 9.15 Å². The lowest BCUT2D eigenvalue weighted by Crippen LogP contribution is -2.13. The Labute approximate surface area is 199 Å².